The number of para-hydroxylation sites is 1. The lowest BCUT2D eigenvalue weighted by molar-refractivity contribution is 0.979. The molecule has 2 heteroatoms. The fourth-order valence-corrected chi connectivity index (χ4v) is 10.2. The molecule has 9 aromatic carbocycles. The van der Waals surface area contributed by atoms with E-state index in [1.54, 1.807) is 0 Å². The third kappa shape index (κ3) is 6.76. The van der Waals surface area contributed by atoms with E-state index < -0.39 is 0 Å². The van der Waals surface area contributed by atoms with Gasteiger partial charge < -0.3 is 9.80 Å². The number of rotatable bonds is 9. The number of anilines is 6. The van der Waals surface area contributed by atoms with E-state index in [0.717, 1.165) is 48.4 Å². The standard InChI is InChI=1S/C62H46N2/c1-3-13-43(14-4-1)50-19-10-20-51(41-50)46-33-39-55(40-34-46)63(59-26-12-16-47-15-7-8-24-57(47)59)54-35-29-44(30-36-54)45-31-37-56(38-32-45)64(53-22-5-2-6-23-53)60-42-52-21-9-17-48-27-28-49-18-11-25-58(60)62(49)61(48)52/h1-7,9-16,19-23,25-42H,8,17-18,24H2. The van der Waals surface area contributed by atoms with Crippen LogP contribution in [0.15, 0.2) is 212 Å². The Labute approximate surface area is 376 Å². The van der Waals surface area contributed by atoms with Crippen molar-refractivity contribution in [1.82, 2.24) is 0 Å². The van der Waals surface area contributed by atoms with Gasteiger partial charge in [-0.25, -0.2) is 0 Å². The Bertz CT molecular complexity index is 3280. The Kier molecular flexibility index (Phi) is 9.49. The quantitative estimate of drug-likeness (QED) is 0.143. The molecule has 0 saturated heterocycles. The van der Waals surface area contributed by atoms with Crippen LogP contribution >= 0.6 is 0 Å². The van der Waals surface area contributed by atoms with E-state index in [9.17, 15) is 0 Å². The molecule has 0 N–H and O–H groups in total. The molecule has 0 bridgehead atoms. The fraction of sp³-hybridized carbons (Fsp3) is 0.0645. The van der Waals surface area contributed by atoms with Crippen LogP contribution in [0.25, 0.3) is 62.4 Å². The Morgan fingerprint density at radius 1 is 0.328 bits per heavy atom. The van der Waals surface area contributed by atoms with Crippen molar-refractivity contribution in [1.29, 1.82) is 0 Å². The van der Waals surface area contributed by atoms with Gasteiger partial charge in [0.25, 0.3) is 0 Å². The molecule has 3 aliphatic carbocycles. The van der Waals surface area contributed by atoms with E-state index in [1.165, 1.54) is 88.9 Å². The highest BCUT2D eigenvalue weighted by Crippen LogP contribution is 2.47. The zero-order chi connectivity index (χ0) is 42.4. The third-order valence-electron chi connectivity index (χ3n) is 13.3. The molecule has 0 aromatic heterocycles. The summed E-state index contributed by atoms with van der Waals surface area (Å²) in [4.78, 5) is 4.87. The summed E-state index contributed by atoms with van der Waals surface area (Å²) >= 11 is 0. The smallest absolute Gasteiger partial charge is 0.0546 e. The molecule has 2 nitrogen and oxygen atoms in total. The lowest BCUT2D eigenvalue weighted by Crippen LogP contribution is -2.14. The first-order valence-corrected chi connectivity index (χ1v) is 22.6. The van der Waals surface area contributed by atoms with Gasteiger partial charge in [-0.15, -0.1) is 0 Å². The van der Waals surface area contributed by atoms with Crippen LogP contribution in [0, 0.1) is 0 Å². The van der Waals surface area contributed by atoms with Gasteiger partial charge in [0.15, 0.2) is 0 Å². The summed E-state index contributed by atoms with van der Waals surface area (Å²) in [6, 6.07) is 71.4. The van der Waals surface area contributed by atoms with Gasteiger partial charge in [0.05, 0.1) is 5.69 Å². The molecule has 0 fully saturated rings. The van der Waals surface area contributed by atoms with Crippen molar-refractivity contribution in [3.8, 4) is 33.4 Å². The van der Waals surface area contributed by atoms with E-state index in [0.29, 0.717) is 0 Å². The number of benzene rings is 9. The normalized spacial score (nSPS) is 13.2. The highest BCUT2D eigenvalue weighted by Gasteiger charge is 2.24. The molecule has 304 valence electrons. The molecule has 0 radical (unpaired) electrons. The van der Waals surface area contributed by atoms with Crippen LogP contribution in [0.5, 0.6) is 0 Å². The molecule has 3 aliphatic rings. The lowest BCUT2D eigenvalue weighted by Gasteiger charge is -2.31. The van der Waals surface area contributed by atoms with Crippen molar-refractivity contribution < 1.29 is 0 Å². The molecular weight excluding hydrogens is 773 g/mol. The van der Waals surface area contributed by atoms with Crippen LogP contribution in [0.1, 0.15) is 39.8 Å². The van der Waals surface area contributed by atoms with Crippen molar-refractivity contribution in [3.63, 3.8) is 0 Å². The average molecular weight is 819 g/mol. The Balaban J connectivity index is 0.895. The van der Waals surface area contributed by atoms with Gasteiger partial charge in [0.1, 0.15) is 0 Å². The number of nitrogens with zero attached hydrogens (tertiary/aromatic N) is 2. The summed E-state index contributed by atoms with van der Waals surface area (Å²) < 4.78 is 0. The SMILES string of the molecule is C1=Cc2cccc(N(c3ccc(-c4ccc(N(c5ccccc5)c5cc6c7c(ccc8c7c5C=CC8)CC=C6)cc4)cc3)c3ccc(-c4cccc(-c5ccccc5)c4)cc3)c2CC1. The number of hydrogen-bond acceptors (Lipinski definition) is 2. The molecule has 0 aliphatic heterocycles. The topological polar surface area (TPSA) is 6.48 Å². The van der Waals surface area contributed by atoms with Crippen LogP contribution in [0.3, 0.4) is 0 Å². The van der Waals surface area contributed by atoms with Crippen molar-refractivity contribution in [2.75, 3.05) is 9.80 Å². The highest BCUT2D eigenvalue weighted by atomic mass is 15.1. The van der Waals surface area contributed by atoms with Crippen molar-refractivity contribution in [3.05, 3.63) is 246 Å². The number of hydrogen-bond donors (Lipinski definition) is 0. The molecular formula is C62H46N2. The molecule has 0 amide bonds. The van der Waals surface area contributed by atoms with Crippen LogP contribution in [-0.4, -0.2) is 0 Å². The van der Waals surface area contributed by atoms with Gasteiger partial charge >= 0.3 is 0 Å². The molecule has 0 saturated carbocycles. The first-order valence-electron chi connectivity index (χ1n) is 22.6. The first kappa shape index (κ1) is 37.8. The summed E-state index contributed by atoms with van der Waals surface area (Å²) in [5.41, 5.74) is 22.3. The van der Waals surface area contributed by atoms with Crippen LogP contribution in [-0.2, 0) is 19.3 Å². The van der Waals surface area contributed by atoms with Gasteiger partial charge in [-0.1, -0.05) is 164 Å². The van der Waals surface area contributed by atoms with Gasteiger partial charge in [-0.2, -0.15) is 0 Å². The minimum atomic E-state index is 0.967. The monoisotopic (exact) mass is 818 g/mol. The first-order chi connectivity index (χ1) is 31.7. The van der Waals surface area contributed by atoms with E-state index in [4.69, 9.17) is 0 Å². The summed E-state index contributed by atoms with van der Waals surface area (Å²) in [6.07, 6.45) is 17.9. The van der Waals surface area contributed by atoms with Gasteiger partial charge in [-0.05, 0) is 164 Å². The average Bonchev–Trinajstić information content (AvgIpc) is 3.37. The highest BCUT2D eigenvalue weighted by molar-refractivity contribution is 6.08. The molecule has 12 rings (SSSR count). The van der Waals surface area contributed by atoms with Gasteiger partial charge in [0.2, 0.25) is 0 Å². The minimum absolute atomic E-state index is 0.967. The molecule has 0 spiro atoms. The Morgan fingerprint density at radius 2 is 0.828 bits per heavy atom. The molecule has 0 unspecified atom stereocenters. The van der Waals surface area contributed by atoms with Crippen molar-refractivity contribution in [2.45, 2.75) is 25.7 Å². The second-order valence-electron chi connectivity index (χ2n) is 17.1. The molecule has 64 heavy (non-hydrogen) atoms. The number of fused-ring (bicyclic) bond motifs is 1. The van der Waals surface area contributed by atoms with Crippen molar-refractivity contribution >= 4 is 63.1 Å². The van der Waals surface area contributed by atoms with E-state index in [1.807, 2.05) is 0 Å². The summed E-state index contributed by atoms with van der Waals surface area (Å²) in [5, 5.41) is 2.82. The second-order valence-corrected chi connectivity index (χ2v) is 17.1. The van der Waals surface area contributed by atoms with Gasteiger partial charge in [-0.3, -0.25) is 0 Å². The maximum atomic E-state index is 2.44. The summed E-state index contributed by atoms with van der Waals surface area (Å²) in [7, 11) is 0. The maximum absolute atomic E-state index is 2.44. The summed E-state index contributed by atoms with van der Waals surface area (Å²) in [5.74, 6) is 0. The van der Waals surface area contributed by atoms with Crippen LogP contribution < -0.4 is 9.80 Å². The molecule has 9 aromatic rings. The maximum Gasteiger partial charge on any atom is 0.0546 e. The predicted molar refractivity (Wildman–Crippen MR) is 272 cm³/mol. The molecule has 0 heterocycles. The Morgan fingerprint density at radius 3 is 1.48 bits per heavy atom. The predicted octanol–water partition coefficient (Wildman–Crippen LogP) is 16.9. The van der Waals surface area contributed by atoms with Gasteiger partial charge in [0, 0.05) is 34.0 Å². The zero-order valence-corrected chi connectivity index (χ0v) is 35.7. The third-order valence-corrected chi connectivity index (χ3v) is 13.3. The Hall–Kier alpha value is -7.94. The minimum Gasteiger partial charge on any atom is -0.310 e. The fourth-order valence-electron chi connectivity index (χ4n) is 10.2. The largest absolute Gasteiger partial charge is 0.310 e. The van der Waals surface area contributed by atoms with Crippen LogP contribution in [0.2, 0.25) is 0 Å². The van der Waals surface area contributed by atoms with E-state index in [2.05, 4.69) is 240 Å². The van der Waals surface area contributed by atoms with E-state index in [-0.39, 0.29) is 0 Å². The second kappa shape index (κ2) is 16.1. The van der Waals surface area contributed by atoms with Crippen molar-refractivity contribution in [2.24, 2.45) is 0 Å². The zero-order valence-electron chi connectivity index (χ0n) is 35.7. The van der Waals surface area contributed by atoms with E-state index >= 15 is 0 Å². The lowest BCUT2D eigenvalue weighted by atomic mass is 9.84. The number of allylic oxidation sites excluding steroid dienone is 3. The molecule has 0 atom stereocenters. The van der Waals surface area contributed by atoms with Crippen LogP contribution in [0.4, 0.5) is 34.1 Å². The summed E-state index contributed by atoms with van der Waals surface area (Å²) in [6.45, 7) is 0.